The number of hydrogen-bond donors (Lipinski definition) is 5. The van der Waals surface area contributed by atoms with E-state index in [9.17, 15) is 19.5 Å². The topological polar surface area (TPSA) is 149 Å². The largest absolute Gasteiger partial charge is 0.391 e. The predicted octanol–water partition coefficient (Wildman–Crippen LogP) is 4.69. The zero-order valence-corrected chi connectivity index (χ0v) is 28.7. The van der Waals surface area contributed by atoms with E-state index in [4.69, 9.17) is 0 Å². The lowest BCUT2D eigenvalue weighted by molar-refractivity contribution is -0.132. The molecule has 4 rings (SSSR count). The van der Waals surface area contributed by atoms with Crippen LogP contribution in [0.2, 0.25) is 0 Å². The Labute approximate surface area is 285 Å². The molecule has 2 aromatic heterocycles. The first-order valence-corrected chi connectivity index (χ1v) is 17.7. The van der Waals surface area contributed by atoms with E-state index in [-0.39, 0.29) is 31.1 Å². The summed E-state index contributed by atoms with van der Waals surface area (Å²) < 4.78 is 0. The van der Waals surface area contributed by atoms with Gasteiger partial charge in [0.05, 0.1) is 30.6 Å². The van der Waals surface area contributed by atoms with Gasteiger partial charge in [-0.05, 0) is 47.8 Å². The maximum Gasteiger partial charge on any atom is 0.243 e. The molecule has 5 N–H and O–H groups in total. The Hall–Kier alpha value is -4.05. The Kier molecular flexibility index (Phi) is 14.6. The van der Waals surface area contributed by atoms with Gasteiger partial charge in [0.15, 0.2) is 0 Å². The van der Waals surface area contributed by atoms with E-state index in [0.717, 1.165) is 43.2 Å². The fourth-order valence-electron chi connectivity index (χ4n) is 6.85. The van der Waals surface area contributed by atoms with E-state index in [0.29, 0.717) is 36.3 Å². The second-order valence-electron chi connectivity index (χ2n) is 13.7. The summed E-state index contributed by atoms with van der Waals surface area (Å²) in [6.45, 7) is 6.49. The molecule has 0 spiro atoms. The standard InChI is InChI=1S/C38H54N6O4/c1-4-30(26(2)3)21-35(45)32(18-27-12-7-5-8-13-27)43-38(48)34(22-31-24-40-25-41-31)44-37(47)33(19-28-14-9-6-10-15-28)42-36(46)20-29-16-11-17-39-23-29/h6,9-11,14-17,23-27,30,32-35,45H,4-5,7-8,12-13,18-22H2,1-3H3,(H,40,41)(H,42,46)(H,43,48)(H,44,47)/t30-,32-,33-,34-,35-/m0/s1. The first-order chi connectivity index (χ1) is 23.2. The minimum atomic E-state index is -0.970. The Bertz CT molecular complexity index is 1380. The van der Waals surface area contributed by atoms with Gasteiger partial charge in [-0.3, -0.25) is 19.4 Å². The molecule has 1 fully saturated rings. The van der Waals surface area contributed by atoms with Gasteiger partial charge < -0.3 is 26.0 Å². The zero-order valence-electron chi connectivity index (χ0n) is 28.7. The second-order valence-corrected chi connectivity index (χ2v) is 13.7. The van der Waals surface area contributed by atoms with E-state index in [2.05, 4.69) is 51.7 Å². The number of carbonyl (C=O) groups excluding carboxylic acids is 3. The zero-order chi connectivity index (χ0) is 34.3. The molecule has 1 saturated carbocycles. The van der Waals surface area contributed by atoms with Crippen molar-refractivity contribution < 1.29 is 19.5 Å². The number of imidazole rings is 1. The van der Waals surface area contributed by atoms with Gasteiger partial charge in [0.2, 0.25) is 17.7 Å². The van der Waals surface area contributed by atoms with Crippen molar-refractivity contribution in [2.45, 2.75) is 116 Å². The van der Waals surface area contributed by atoms with Crippen LogP contribution in [-0.4, -0.2) is 62.0 Å². The highest BCUT2D eigenvalue weighted by atomic mass is 16.3. The number of aromatic amines is 1. The van der Waals surface area contributed by atoms with Crippen molar-refractivity contribution in [3.63, 3.8) is 0 Å². The number of hydrogen-bond acceptors (Lipinski definition) is 6. The third-order valence-corrected chi connectivity index (χ3v) is 9.74. The minimum Gasteiger partial charge on any atom is -0.391 e. The third kappa shape index (κ3) is 11.9. The highest BCUT2D eigenvalue weighted by Crippen LogP contribution is 2.30. The number of pyridine rings is 1. The summed E-state index contributed by atoms with van der Waals surface area (Å²) in [5, 5.41) is 20.6. The van der Waals surface area contributed by atoms with Gasteiger partial charge in [-0.1, -0.05) is 95.7 Å². The molecule has 10 nitrogen and oxygen atoms in total. The van der Waals surface area contributed by atoms with Gasteiger partial charge in [-0.15, -0.1) is 0 Å². The summed E-state index contributed by atoms with van der Waals surface area (Å²) in [6, 6.07) is 10.7. The van der Waals surface area contributed by atoms with Crippen LogP contribution in [0.1, 0.15) is 89.0 Å². The highest BCUT2D eigenvalue weighted by molar-refractivity contribution is 5.92. The molecule has 3 amide bonds. The van der Waals surface area contributed by atoms with Crippen LogP contribution in [0.5, 0.6) is 0 Å². The normalized spacial score (nSPS) is 16.8. The molecule has 0 radical (unpaired) electrons. The van der Waals surface area contributed by atoms with Crippen LogP contribution < -0.4 is 16.0 Å². The molecular formula is C38H54N6O4. The van der Waals surface area contributed by atoms with Gasteiger partial charge in [-0.2, -0.15) is 0 Å². The molecule has 48 heavy (non-hydrogen) atoms. The van der Waals surface area contributed by atoms with Crippen molar-refractivity contribution in [3.05, 3.63) is 84.2 Å². The van der Waals surface area contributed by atoms with Crippen molar-refractivity contribution in [2.24, 2.45) is 17.8 Å². The van der Waals surface area contributed by atoms with E-state index < -0.39 is 30.1 Å². The monoisotopic (exact) mass is 658 g/mol. The van der Waals surface area contributed by atoms with E-state index in [1.54, 1.807) is 24.7 Å². The van der Waals surface area contributed by atoms with E-state index in [1.807, 2.05) is 36.4 Å². The number of H-pyrrole nitrogens is 1. The molecular weight excluding hydrogens is 604 g/mol. The van der Waals surface area contributed by atoms with Crippen molar-refractivity contribution in [3.8, 4) is 0 Å². The molecule has 0 saturated heterocycles. The average Bonchev–Trinajstić information content (AvgIpc) is 3.60. The first kappa shape index (κ1) is 36.8. The van der Waals surface area contributed by atoms with Crippen molar-refractivity contribution in [2.75, 3.05) is 0 Å². The first-order valence-electron chi connectivity index (χ1n) is 17.7. The highest BCUT2D eigenvalue weighted by Gasteiger charge is 2.33. The van der Waals surface area contributed by atoms with Crippen LogP contribution >= 0.6 is 0 Å². The van der Waals surface area contributed by atoms with Crippen LogP contribution in [0.25, 0.3) is 0 Å². The number of amides is 3. The molecule has 2 heterocycles. The van der Waals surface area contributed by atoms with Gasteiger partial charge in [0.25, 0.3) is 0 Å². The number of rotatable bonds is 18. The van der Waals surface area contributed by atoms with Crippen molar-refractivity contribution in [1.82, 2.24) is 30.9 Å². The smallest absolute Gasteiger partial charge is 0.243 e. The Morgan fingerprint density at radius 2 is 1.62 bits per heavy atom. The lowest BCUT2D eigenvalue weighted by Gasteiger charge is -2.33. The summed E-state index contributed by atoms with van der Waals surface area (Å²) >= 11 is 0. The van der Waals surface area contributed by atoms with E-state index in [1.165, 1.54) is 12.7 Å². The average molecular weight is 659 g/mol. The molecule has 260 valence electrons. The van der Waals surface area contributed by atoms with Crippen LogP contribution in [0, 0.1) is 17.8 Å². The van der Waals surface area contributed by atoms with Crippen LogP contribution in [0.15, 0.2) is 67.4 Å². The van der Waals surface area contributed by atoms with Crippen molar-refractivity contribution in [1.29, 1.82) is 0 Å². The van der Waals surface area contributed by atoms with E-state index >= 15 is 0 Å². The number of carbonyl (C=O) groups is 3. The summed E-state index contributed by atoms with van der Waals surface area (Å²) in [6.07, 6.45) is 14.3. The molecule has 1 aliphatic carbocycles. The number of aromatic nitrogens is 3. The van der Waals surface area contributed by atoms with Crippen molar-refractivity contribution >= 4 is 17.7 Å². The molecule has 0 aliphatic heterocycles. The van der Waals surface area contributed by atoms with Gasteiger partial charge >= 0.3 is 0 Å². The summed E-state index contributed by atoms with van der Waals surface area (Å²) in [5.74, 6) is 0.0195. The molecule has 5 atom stereocenters. The van der Waals surface area contributed by atoms with Crippen LogP contribution in [-0.2, 0) is 33.6 Å². The Morgan fingerprint density at radius 3 is 2.27 bits per heavy atom. The molecule has 10 heteroatoms. The third-order valence-electron chi connectivity index (χ3n) is 9.74. The number of aliphatic hydroxyl groups excluding tert-OH is 1. The summed E-state index contributed by atoms with van der Waals surface area (Å²) in [7, 11) is 0. The fourth-order valence-corrected chi connectivity index (χ4v) is 6.85. The Morgan fingerprint density at radius 1 is 0.917 bits per heavy atom. The fraction of sp³-hybridized carbons (Fsp3) is 0.553. The second kappa shape index (κ2) is 19.1. The lowest BCUT2D eigenvalue weighted by Crippen LogP contribution is -2.57. The number of benzene rings is 1. The molecule has 1 aliphatic rings. The van der Waals surface area contributed by atoms with Gasteiger partial charge in [0.1, 0.15) is 12.1 Å². The molecule has 3 aromatic rings. The molecule has 0 unspecified atom stereocenters. The van der Waals surface area contributed by atoms with Crippen LogP contribution in [0.3, 0.4) is 0 Å². The van der Waals surface area contributed by atoms with Gasteiger partial charge in [0, 0.05) is 31.4 Å². The predicted molar refractivity (Wildman–Crippen MR) is 187 cm³/mol. The minimum absolute atomic E-state index is 0.0689. The van der Waals surface area contributed by atoms with Gasteiger partial charge in [-0.25, -0.2) is 4.98 Å². The molecule has 0 bridgehead atoms. The number of aliphatic hydroxyl groups is 1. The quantitative estimate of drug-likeness (QED) is 0.134. The number of nitrogens with zero attached hydrogens (tertiary/aromatic N) is 2. The lowest BCUT2D eigenvalue weighted by atomic mass is 9.80. The molecule has 1 aromatic carbocycles. The summed E-state index contributed by atoms with van der Waals surface area (Å²) in [5.41, 5.74) is 2.22. The number of nitrogens with one attached hydrogen (secondary N) is 4. The SMILES string of the molecule is CC[C@@H](C[C@H](O)[C@H](CC1CCCCC1)NC(=O)[C@H](Cc1c[nH]cn1)NC(=O)[C@H](Cc1ccccc1)NC(=O)Cc1cccnc1)C(C)C. The maximum absolute atomic E-state index is 14.1. The van der Waals surface area contributed by atoms with Crippen LogP contribution in [0.4, 0.5) is 0 Å². The Balaban J connectivity index is 1.53. The summed E-state index contributed by atoms with van der Waals surface area (Å²) in [4.78, 5) is 52.6. The maximum atomic E-state index is 14.1.